The van der Waals surface area contributed by atoms with Crippen LogP contribution in [0.15, 0.2) is 17.8 Å². The molecule has 1 saturated heterocycles. The number of hydrogen-bond acceptors (Lipinski definition) is 5. The molecule has 7 heteroatoms. The van der Waals surface area contributed by atoms with Gasteiger partial charge in [-0.05, 0) is 33.5 Å². The van der Waals surface area contributed by atoms with Gasteiger partial charge >= 0.3 is 0 Å². The van der Waals surface area contributed by atoms with E-state index in [1.54, 1.807) is 11.3 Å². The van der Waals surface area contributed by atoms with Crippen molar-refractivity contribution in [3.63, 3.8) is 0 Å². The van der Waals surface area contributed by atoms with Crippen LogP contribution in [0.2, 0.25) is 0 Å². The third kappa shape index (κ3) is 3.66. The van der Waals surface area contributed by atoms with E-state index in [1.165, 1.54) is 0 Å². The molecular weight excluding hydrogens is 298 g/mol. The minimum absolute atomic E-state index is 0.0609. The number of carbonyl (C=O) groups is 1. The summed E-state index contributed by atoms with van der Waals surface area (Å²) in [4.78, 5) is 22.3. The van der Waals surface area contributed by atoms with Crippen LogP contribution in [0.1, 0.15) is 25.1 Å². The van der Waals surface area contributed by atoms with Gasteiger partial charge in [0.1, 0.15) is 0 Å². The molecule has 0 unspecified atom stereocenters. The van der Waals surface area contributed by atoms with Gasteiger partial charge in [-0.3, -0.25) is 14.1 Å². The van der Waals surface area contributed by atoms with Crippen molar-refractivity contribution in [2.45, 2.75) is 19.4 Å². The van der Waals surface area contributed by atoms with Crippen molar-refractivity contribution in [3.05, 3.63) is 23.5 Å². The quantitative estimate of drug-likeness (QED) is 0.920. The molecule has 1 fully saturated rings. The largest absolute Gasteiger partial charge is 0.347 e. The van der Waals surface area contributed by atoms with E-state index in [1.807, 2.05) is 29.1 Å². The maximum absolute atomic E-state index is 12.2. The summed E-state index contributed by atoms with van der Waals surface area (Å²) in [6.45, 7) is 6.55. The zero-order valence-corrected chi connectivity index (χ0v) is 14.0. The first-order valence-electron chi connectivity index (χ1n) is 7.74. The Labute approximate surface area is 134 Å². The maximum Gasteiger partial charge on any atom is 0.234 e. The fraction of sp³-hybridized carbons (Fsp3) is 0.600. The molecule has 1 amide bonds. The Hall–Kier alpha value is -1.44. The van der Waals surface area contributed by atoms with Crippen molar-refractivity contribution in [1.29, 1.82) is 0 Å². The number of thiazole rings is 1. The van der Waals surface area contributed by atoms with E-state index >= 15 is 0 Å². The molecule has 6 nitrogen and oxygen atoms in total. The molecule has 0 radical (unpaired) electrons. The molecule has 1 aliphatic rings. The fourth-order valence-corrected chi connectivity index (χ4v) is 3.48. The summed E-state index contributed by atoms with van der Waals surface area (Å²) in [5, 5.41) is 5.07. The van der Waals surface area contributed by atoms with Crippen LogP contribution in [0.3, 0.4) is 0 Å². The zero-order chi connectivity index (χ0) is 15.5. The van der Waals surface area contributed by atoms with E-state index in [9.17, 15) is 4.79 Å². The molecule has 0 bridgehead atoms. The first kappa shape index (κ1) is 15.5. The van der Waals surface area contributed by atoms with Crippen molar-refractivity contribution in [3.8, 4) is 0 Å². The monoisotopic (exact) mass is 321 g/mol. The SMILES string of the molecule is C[C@@H](NC(=O)CN1CCCN(C)CC1)c1cn2ccsc2n1. The van der Waals surface area contributed by atoms with Gasteiger partial charge in [-0.1, -0.05) is 0 Å². The predicted octanol–water partition coefficient (Wildman–Crippen LogP) is 1.21. The summed E-state index contributed by atoms with van der Waals surface area (Å²) in [7, 11) is 2.13. The average Bonchev–Trinajstić information content (AvgIpc) is 3.00. The number of hydrogen-bond donors (Lipinski definition) is 1. The van der Waals surface area contributed by atoms with Crippen molar-refractivity contribution in [2.24, 2.45) is 0 Å². The Morgan fingerprint density at radius 1 is 1.41 bits per heavy atom. The van der Waals surface area contributed by atoms with Crippen LogP contribution in [0.5, 0.6) is 0 Å². The van der Waals surface area contributed by atoms with Crippen LogP contribution in [-0.2, 0) is 4.79 Å². The highest BCUT2D eigenvalue weighted by atomic mass is 32.1. The van der Waals surface area contributed by atoms with E-state index < -0.39 is 0 Å². The normalized spacial score (nSPS) is 19.2. The van der Waals surface area contributed by atoms with Crippen LogP contribution >= 0.6 is 11.3 Å². The van der Waals surface area contributed by atoms with Gasteiger partial charge in [0.05, 0.1) is 18.3 Å². The minimum atomic E-state index is -0.0609. The number of likely N-dealkylation sites (N-methyl/N-ethyl adjacent to an activating group) is 1. The molecule has 1 aliphatic heterocycles. The van der Waals surface area contributed by atoms with Crippen molar-refractivity contribution >= 4 is 22.2 Å². The van der Waals surface area contributed by atoms with Gasteiger partial charge in [-0.2, -0.15) is 0 Å². The summed E-state index contributed by atoms with van der Waals surface area (Å²) >= 11 is 1.60. The number of amides is 1. The molecule has 0 spiro atoms. The number of imidazole rings is 1. The molecular formula is C15H23N5OS. The maximum atomic E-state index is 12.2. The molecule has 3 heterocycles. The van der Waals surface area contributed by atoms with Gasteiger partial charge in [-0.25, -0.2) is 4.98 Å². The molecule has 22 heavy (non-hydrogen) atoms. The number of nitrogens with zero attached hydrogens (tertiary/aromatic N) is 4. The molecule has 0 saturated carbocycles. The average molecular weight is 321 g/mol. The van der Waals surface area contributed by atoms with E-state index in [2.05, 4.69) is 27.1 Å². The minimum Gasteiger partial charge on any atom is -0.347 e. The van der Waals surface area contributed by atoms with E-state index in [-0.39, 0.29) is 11.9 Å². The Morgan fingerprint density at radius 2 is 2.27 bits per heavy atom. The number of nitrogens with one attached hydrogen (secondary N) is 1. The van der Waals surface area contributed by atoms with Crippen LogP contribution in [0.4, 0.5) is 0 Å². The predicted molar refractivity (Wildman–Crippen MR) is 88.2 cm³/mol. The smallest absolute Gasteiger partial charge is 0.234 e. The molecule has 0 aromatic carbocycles. The Kier molecular flexibility index (Phi) is 4.75. The first-order valence-corrected chi connectivity index (χ1v) is 8.62. The third-order valence-corrected chi connectivity index (χ3v) is 4.88. The van der Waals surface area contributed by atoms with Crippen molar-refractivity contribution in [1.82, 2.24) is 24.5 Å². The summed E-state index contributed by atoms with van der Waals surface area (Å²) in [5.74, 6) is 0.0772. The molecule has 120 valence electrons. The Bertz CT molecular complexity index is 608. The second kappa shape index (κ2) is 6.76. The topological polar surface area (TPSA) is 52.9 Å². The van der Waals surface area contributed by atoms with Crippen molar-refractivity contribution in [2.75, 3.05) is 39.8 Å². The molecule has 3 rings (SSSR count). The lowest BCUT2D eigenvalue weighted by atomic mass is 10.2. The van der Waals surface area contributed by atoms with Gasteiger partial charge in [0.15, 0.2) is 4.96 Å². The molecule has 2 aromatic heterocycles. The van der Waals surface area contributed by atoms with Gasteiger partial charge in [0.25, 0.3) is 0 Å². The summed E-state index contributed by atoms with van der Waals surface area (Å²) < 4.78 is 1.99. The van der Waals surface area contributed by atoms with Gasteiger partial charge in [-0.15, -0.1) is 11.3 Å². The summed E-state index contributed by atoms with van der Waals surface area (Å²) in [6.07, 6.45) is 5.09. The van der Waals surface area contributed by atoms with Crippen molar-refractivity contribution < 1.29 is 4.79 Å². The number of fused-ring (bicyclic) bond motifs is 1. The number of carbonyl (C=O) groups excluding carboxylic acids is 1. The lowest BCUT2D eigenvalue weighted by Crippen LogP contribution is -2.39. The van der Waals surface area contributed by atoms with Gasteiger partial charge in [0, 0.05) is 30.9 Å². The second-order valence-electron chi connectivity index (χ2n) is 5.98. The van der Waals surface area contributed by atoms with E-state index in [4.69, 9.17) is 0 Å². The summed E-state index contributed by atoms with van der Waals surface area (Å²) in [6, 6.07) is -0.0609. The summed E-state index contributed by atoms with van der Waals surface area (Å²) in [5.41, 5.74) is 0.913. The highest BCUT2D eigenvalue weighted by Crippen LogP contribution is 2.16. The van der Waals surface area contributed by atoms with Gasteiger partial charge in [0.2, 0.25) is 5.91 Å². The Morgan fingerprint density at radius 3 is 3.09 bits per heavy atom. The molecule has 1 atom stereocenters. The standard InChI is InChI=1S/C15H23N5OS/c1-12(13-10-20-8-9-22-15(20)17-13)16-14(21)11-19-5-3-4-18(2)6-7-19/h8-10,12H,3-7,11H2,1-2H3,(H,16,21)/t12-/m1/s1. The highest BCUT2D eigenvalue weighted by molar-refractivity contribution is 7.15. The Balaban J connectivity index is 1.53. The lowest BCUT2D eigenvalue weighted by molar-refractivity contribution is -0.122. The molecule has 2 aromatic rings. The third-order valence-electron chi connectivity index (χ3n) is 4.11. The molecule has 1 N–H and O–H groups in total. The van der Waals surface area contributed by atoms with Crippen LogP contribution in [0, 0.1) is 0 Å². The number of aromatic nitrogens is 2. The van der Waals surface area contributed by atoms with Crippen LogP contribution in [0.25, 0.3) is 4.96 Å². The highest BCUT2D eigenvalue weighted by Gasteiger charge is 2.18. The van der Waals surface area contributed by atoms with Gasteiger partial charge < -0.3 is 10.2 Å². The second-order valence-corrected chi connectivity index (χ2v) is 6.85. The number of rotatable bonds is 4. The van der Waals surface area contributed by atoms with E-state index in [0.717, 1.165) is 43.3 Å². The lowest BCUT2D eigenvalue weighted by Gasteiger charge is -2.20. The van der Waals surface area contributed by atoms with Crippen LogP contribution < -0.4 is 5.32 Å². The van der Waals surface area contributed by atoms with E-state index in [0.29, 0.717) is 6.54 Å². The first-order chi connectivity index (χ1) is 10.6. The fourth-order valence-electron chi connectivity index (χ4n) is 2.78. The van der Waals surface area contributed by atoms with Crippen LogP contribution in [-0.4, -0.2) is 64.9 Å². The molecule has 0 aliphatic carbocycles. The zero-order valence-electron chi connectivity index (χ0n) is 13.2.